The van der Waals surface area contributed by atoms with E-state index in [1.165, 1.54) is 4.90 Å². The fraction of sp³-hybridized carbons (Fsp3) is 0.824. The molecule has 25 heavy (non-hydrogen) atoms. The number of amides is 2. The summed E-state index contributed by atoms with van der Waals surface area (Å²) in [6, 6.07) is 0. The van der Waals surface area contributed by atoms with Gasteiger partial charge in [-0.1, -0.05) is 0 Å². The number of nitrogens with one attached hydrogen (secondary N) is 1. The molecule has 0 aromatic heterocycles. The minimum absolute atomic E-state index is 0.256. The summed E-state index contributed by atoms with van der Waals surface area (Å²) in [6.07, 6.45) is 2.09. The van der Waals surface area contributed by atoms with Crippen molar-refractivity contribution in [3.8, 4) is 0 Å². The van der Waals surface area contributed by atoms with Gasteiger partial charge in [-0.2, -0.15) is 0 Å². The zero-order chi connectivity index (χ0) is 19.0. The van der Waals surface area contributed by atoms with Crippen molar-refractivity contribution in [2.75, 3.05) is 40.3 Å². The maximum atomic E-state index is 11.9. The molecule has 3 N–H and O–H groups in total. The van der Waals surface area contributed by atoms with Gasteiger partial charge in [0.2, 0.25) is 5.91 Å². The van der Waals surface area contributed by atoms with Gasteiger partial charge >= 0.3 is 6.09 Å². The molecule has 0 radical (unpaired) electrons. The molecule has 0 saturated carbocycles. The number of nitrogens with two attached hydrogens (primary N) is 1. The molecule has 0 aromatic carbocycles. The largest absolute Gasteiger partial charge is 0.444 e. The van der Waals surface area contributed by atoms with E-state index in [4.69, 9.17) is 10.5 Å². The van der Waals surface area contributed by atoms with E-state index in [0.29, 0.717) is 19.5 Å². The van der Waals surface area contributed by atoms with Gasteiger partial charge in [-0.05, 0) is 39.5 Å². The summed E-state index contributed by atoms with van der Waals surface area (Å²) in [7, 11) is 3.44. The summed E-state index contributed by atoms with van der Waals surface area (Å²) in [6.45, 7) is 8.28. The number of likely N-dealkylation sites (N-methyl/N-ethyl adjacent to an activating group) is 1. The lowest BCUT2D eigenvalue weighted by Gasteiger charge is -2.34. The average Bonchev–Trinajstić information content (AvgIpc) is 2.49. The Morgan fingerprint density at radius 2 is 2.08 bits per heavy atom. The normalized spacial score (nSPS) is 18.7. The van der Waals surface area contributed by atoms with Gasteiger partial charge < -0.3 is 25.6 Å². The van der Waals surface area contributed by atoms with Crippen molar-refractivity contribution in [2.24, 2.45) is 16.6 Å². The first kappa shape index (κ1) is 21.1. The monoisotopic (exact) mass is 355 g/mol. The Labute approximate surface area is 150 Å². The van der Waals surface area contributed by atoms with Crippen LogP contribution in [-0.4, -0.2) is 73.6 Å². The summed E-state index contributed by atoms with van der Waals surface area (Å²) in [5.41, 5.74) is 4.81. The number of guanidine groups is 1. The second kappa shape index (κ2) is 9.48. The minimum atomic E-state index is -0.502. The summed E-state index contributed by atoms with van der Waals surface area (Å²) in [5.74, 6) is 0.801. The quantitative estimate of drug-likeness (QED) is 0.566. The second-order valence-corrected chi connectivity index (χ2v) is 7.50. The topological polar surface area (TPSA) is 100 Å². The lowest BCUT2D eigenvalue weighted by atomic mass is 9.95. The molecule has 1 heterocycles. The van der Waals surface area contributed by atoms with E-state index < -0.39 is 5.60 Å². The van der Waals surface area contributed by atoms with Crippen molar-refractivity contribution < 1.29 is 14.3 Å². The zero-order valence-corrected chi connectivity index (χ0v) is 16.2. The molecule has 144 valence electrons. The van der Waals surface area contributed by atoms with Crippen LogP contribution in [0, 0.1) is 5.92 Å². The highest BCUT2D eigenvalue weighted by Crippen LogP contribution is 2.19. The van der Waals surface area contributed by atoms with Gasteiger partial charge in [0.05, 0.1) is 0 Å². The third-order valence-corrected chi connectivity index (χ3v) is 3.96. The number of ether oxygens (including phenoxy) is 1. The van der Waals surface area contributed by atoms with Crippen LogP contribution in [0.4, 0.5) is 4.79 Å². The second-order valence-electron chi connectivity index (χ2n) is 7.50. The molecule has 1 fully saturated rings. The molecule has 8 heteroatoms. The number of carbonyl (C=O) groups is 2. The van der Waals surface area contributed by atoms with Crippen molar-refractivity contribution in [3.05, 3.63) is 0 Å². The van der Waals surface area contributed by atoms with Crippen molar-refractivity contribution in [1.82, 2.24) is 15.1 Å². The highest BCUT2D eigenvalue weighted by Gasteiger charge is 2.24. The van der Waals surface area contributed by atoms with E-state index >= 15 is 0 Å². The van der Waals surface area contributed by atoms with Crippen LogP contribution in [0.15, 0.2) is 4.99 Å². The third-order valence-electron chi connectivity index (χ3n) is 3.96. The van der Waals surface area contributed by atoms with Gasteiger partial charge in [-0.25, -0.2) is 4.79 Å². The molecular formula is C17H33N5O3. The van der Waals surface area contributed by atoms with E-state index in [9.17, 15) is 9.59 Å². The Morgan fingerprint density at radius 1 is 1.40 bits per heavy atom. The number of likely N-dealkylation sites (tertiary alicyclic amines) is 1. The summed E-state index contributed by atoms with van der Waals surface area (Å²) >= 11 is 0. The van der Waals surface area contributed by atoms with Gasteiger partial charge in [0, 0.05) is 46.7 Å². The Kier molecular flexibility index (Phi) is 7.99. The minimum Gasteiger partial charge on any atom is -0.444 e. The third kappa shape index (κ3) is 8.09. The molecule has 1 rings (SSSR count). The van der Waals surface area contributed by atoms with Crippen molar-refractivity contribution >= 4 is 18.0 Å². The first-order chi connectivity index (χ1) is 11.6. The molecule has 0 spiro atoms. The first-order valence-electron chi connectivity index (χ1n) is 8.80. The first-order valence-corrected chi connectivity index (χ1v) is 8.80. The molecule has 0 aliphatic carbocycles. The predicted octanol–water partition coefficient (Wildman–Crippen LogP) is 1.02. The standard InChI is InChI=1S/C17H33N5O3/c1-17(2,3)25-16(24)21(5)10-8-20-15(19-4)22-9-6-7-13(12-22)11-14(18)23/h13H,6-12H2,1-5H3,(H2,18,23)(H,19,20). The number of primary amides is 1. The predicted molar refractivity (Wildman–Crippen MR) is 98.3 cm³/mol. The molecular weight excluding hydrogens is 322 g/mol. The van der Waals surface area contributed by atoms with E-state index in [0.717, 1.165) is 31.9 Å². The van der Waals surface area contributed by atoms with Gasteiger partial charge in [-0.15, -0.1) is 0 Å². The van der Waals surface area contributed by atoms with Crippen molar-refractivity contribution in [2.45, 2.75) is 45.6 Å². The van der Waals surface area contributed by atoms with Crippen LogP contribution < -0.4 is 11.1 Å². The maximum absolute atomic E-state index is 11.9. The van der Waals surface area contributed by atoms with Gasteiger partial charge in [0.15, 0.2) is 5.96 Å². The van der Waals surface area contributed by atoms with Crippen molar-refractivity contribution in [1.29, 1.82) is 0 Å². The lowest BCUT2D eigenvalue weighted by molar-refractivity contribution is -0.119. The van der Waals surface area contributed by atoms with Crippen LogP contribution >= 0.6 is 0 Å². The highest BCUT2D eigenvalue weighted by molar-refractivity contribution is 5.80. The summed E-state index contributed by atoms with van der Waals surface area (Å²) < 4.78 is 5.33. The molecule has 1 saturated heterocycles. The number of carbonyl (C=O) groups excluding carboxylic acids is 2. The molecule has 2 amide bonds. The van der Waals surface area contributed by atoms with Crippen LogP contribution in [0.2, 0.25) is 0 Å². The van der Waals surface area contributed by atoms with E-state index in [1.807, 2.05) is 20.8 Å². The smallest absolute Gasteiger partial charge is 0.410 e. The number of hydrogen-bond donors (Lipinski definition) is 2. The molecule has 1 unspecified atom stereocenters. The highest BCUT2D eigenvalue weighted by atomic mass is 16.6. The molecule has 0 bridgehead atoms. The zero-order valence-electron chi connectivity index (χ0n) is 16.2. The SMILES string of the molecule is CN=C(NCCN(C)C(=O)OC(C)(C)C)N1CCCC(CC(N)=O)C1. The summed E-state index contributed by atoms with van der Waals surface area (Å²) in [4.78, 5) is 31.1. The number of hydrogen-bond acceptors (Lipinski definition) is 4. The van der Waals surface area contributed by atoms with Crippen LogP contribution in [-0.2, 0) is 9.53 Å². The lowest BCUT2D eigenvalue weighted by Crippen LogP contribution is -2.49. The van der Waals surface area contributed by atoms with Crippen LogP contribution in [0.25, 0.3) is 0 Å². The number of rotatable bonds is 5. The van der Waals surface area contributed by atoms with Crippen LogP contribution in [0.3, 0.4) is 0 Å². The number of nitrogens with zero attached hydrogens (tertiary/aromatic N) is 3. The number of aliphatic imine (C=N–C) groups is 1. The van der Waals surface area contributed by atoms with E-state index in [2.05, 4.69) is 15.2 Å². The molecule has 1 aliphatic heterocycles. The molecule has 8 nitrogen and oxygen atoms in total. The van der Waals surface area contributed by atoms with Crippen LogP contribution in [0.1, 0.15) is 40.0 Å². The van der Waals surface area contributed by atoms with Gasteiger partial charge in [0.25, 0.3) is 0 Å². The van der Waals surface area contributed by atoms with E-state index in [-0.39, 0.29) is 17.9 Å². The Hall–Kier alpha value is -1.99. The van der Waals surface area contributed by atoms with E-state index in [1.54, 1.807) is 14.1 Å². The summed E-state index contributed by atoms with van der Waals surface area (Å²) in [5, 5.41) is 3.27. The van der Waals surface area contributed by atoms with Crippen molar-refractivity contribution in [3.63, 3.8) is 0 Å². The van der Waals surface area contributed by atoms with Gasteiger partial charge in [-0.3, -0.25) is 9.79 Å². The van der Waals surface area contributed by atoms with Gasteiger partial charge in [0.1, 0.15) is 5.60 Å². The molecule has 0 aromatic rings. The Balaban J connectivity index is 2.43. The average molecular weight is 355 g/mol. The molecule has 1 atom stereocenters. The fourth-order valence-electron chi connectivity index (χ4n) is 2.81. The Bertz CT molecular complexity index is 487. The Morgan fingerprint density at radius 3 is 2.64 bits per heavy atom. The molecule has 1 aliphatic rings. The number of piperidine rings is 1. The fourth-order valence-corrected chi connectivity index (χ4v) is 2.81. The van der Waals surface area contributed by atoms with Crippen LogP contribution in [0.5, 0.6) is 0 Å². The maximum Gasteiger partial charge on any atom is 0.410 e.